The number of rotatable bonds is 6. The second-order valence-corrected chi connectivity index (χ2v) is 6.43. The van der Waals surface area contributed by atoms with Gasteiger partial charge in [0.05, 0.1) is 0 Å². The van der Waals surface area contributed by atoms with Crippen LogP contribution in [0.5, 0.6) is 5.75 Å². The number of ketones is 1. The van der Waals surface area contributed by atoms with Crippen molar-refractivity contribution in [3.05, 3.63) is 95.8 Å². The number of carbonyl (C=O) groups excluding carboxylic acids is 3. The predicted molar refractivity (Wildman–Crippen MR) is 110 cm³/mol. The second kappa shape index (κ2) is 9.47. The van der Waals surface area contributed by atoms with Crippen LogP contribution in [-0.4, -0.2) is 23.8 Å². The van der Waals surface area contributed by atoms with Crippen molar-refractivity contribution in [1.29, 1.82) is 0 Å². The smallest absolute Gasteiger partial charge is 0.325 e. The highest BCUT2D eigenvalue weighted by Gasteiger charge is 2.18. The summed E-state index contributed by atoms with van der Waals surface area (Å²) in [5.41, 5.74) is 1.31. The van der Waals surface area contributed by atoms with Crippen LogP contribution in [0.3, 0.4) is 0 Å². The Morgan fingerprint density at radius 2 is 1.40 bits per heavy atom. The number of anilines is 1. The van der Waals surface area contributed by atoms with E-state index in [9.17, 15) is 18.8 Å². The lowest BCUT2D eigenvalue weighted by Gasteiger charge is -2.15. The van der Waals surface area contributed by atoms with Crippen molar-refractivity contribution in [3.63, 3.8) is 0 Å². The molecule has 0 saturated carbocycles. The molecule has 0 aliphatic heterocycles. The van der Waals surface area contributed by atoms with E-state index in [4.69, 9.17) is 4.74 Å². The van der Waals surface area contributed by atoms with E-state index >= 15 is 0 Å². The Bertz CT molecular complexity index is 1040. The number of ether oxygens (including phenoxy) is 1. The molecule has 1 atom stereocenters. The van der Waals surface area contributed by atoms with Gasteiger partial charge in [0, 0.05) is 16.8 Å². The molecule has 1 unspecified atom stereocenters. The van der Waals surface area contributed by atoms with E-state index in [2.05, 4.69) is 10.6 Å². The van der Waals surface area contributed by atoms with Gasteiger partial charge in [0.1, 0.15) is 11.6 Å². The zero-order valence-electron chi connectivity index (χ0n) is 16.1. The molecule has 3 amide bonds. The van der Waals surface area contributed by atoms with Crippen molar-refractivity contribution in [2.45, 2.75) is 13.0 Å². The van der Waals surface area contributed by atoms with Gasteiger partial charge in [-0.05, 0) is 67.6 Å². The molecule has 3 aromatic rings. The molecule has 0 aliphatic rings. The lowest BCUT2D eigenvalue weighted by Crippen LogP contribution is -2.42. The Hall–Kier alpha value is -4.00. The van der Waals surface area contributed by atoms with Crippen LogP contribution in [-0.2, 0) is 4.79 Å². The molecule has 0 heterocycles. The van der Waals surface area contributed by atoms with Crippen LogP contribution in [0.25, 0.3) is 0 Å². The molecule has 0 radical (unpaired) electrons. The highest BCUT2D eigenvalue weighted by atomic mass is 19.1. The van der Waals surface area contributed by atoms with E-state index in [0.717, 1.165) is 0 Å². The number of urea groups is 1. The highest BCUT2D eigenvalue weighted by Crippen LogP contribution is 2.17. The van der Waals surface area contributed by atoms with Gasteiger partial charge in [-0.1, -0.05) is 18.2 Å². The summed E-state index contributed by atoms with van der Waals surface area (Å²) in [4.78, 5) is 36.4. The average molecular weight is 406 g/mol. The number of hydrogen-bond donors (Lipinski definition) is 2. The van der Waals surface area contributed by atoms with Gasteiger partial charge in [0.2, 0.25) is 0 Å². The number of carbonyl (C=O) groups is 3. The lowest BCUT2D eigenvalue weighted by atomic mass is 10.0. The van der Waals surface area contributed by atoms with Crippen molar-refractivity contribution < 1.29 is 23.5 Å². The molecule has 0 aromatic heterocycles. The molecule has 152 valence electrons. The van der Waals surface area contributed by atoms with Gasteiger partial charge in [-0.25, -0.2) is 9.18 Å². The summed E-state index contributed by atoms with van der Waals surface area (Å²) in [5, 5.41) is 4.75. The maximum atomic E-state index is 13.0. The minimum Gasteiger partial charge on any atom is -0.481 e. The van der Waals surface area contributed by atoms with Crippen LogP contribution in [0.2, 0.25) is 0 Å². The topological polar surface area (TPSA) is 84.5 Å². The minimum absolute atomic E-state index is 0.259. The summed E-state index contributed by atoms with van der Waals surface area (Å²) < 4.78 is 18.5. The van der Waals surface area contributed by atoms with E-state index in [0.29, 0.717) is 22.6 Å². The molecule has 0 fully saturated rings. The molecule has 0 saturated heterocycles. The van der Waals surface area contributed by atoms with Crippen molar-refractivity contribution >= 4 is 23.4 Å². The van der Waals surface area contributed by atoms with E-state index < -0.39 is 23.9 Å². The third-order valence-corrected chi connectivity index (χ3v) is 4.17. The van der Waals surface area contributed by atoms with Crippen molar-refractivity contribution in [2.75, 3.05) is 5.32 Å². The van der Waals surface area contributed by atoms with Crippen LogP contribution in [0.1, 0.15) is 22.8 Å². The molecule has 3 aromatic carbocycles. The van der Waals surface area contributed by atoms with Crippen molar-refractivity contribution in [2.24, 2.45) is 0 Å². The minimum atomic E-state index is -0.940. The maximum absolute atomic E-state index is 13.0. The van der Waals surface area contributed by atoms with E-state index in [1.807, 2.05) is 6.07 Å². The summed E-state index contributed by atoms with van der Waals surface area (Å²) in [7, 11) is 0. The molecule has 0 aliphatic carbocycles. The van der Waals surface area contributed by atoms with Gasteiger partial charge >= 0.3 is 6.03 Å². The fraction of sp³-hybridized carbons (Fsp3) is 0.0870. The van der Waals surface area contributed by atoms with Crippen molar-refractivity contribution in [3.8, 4) is 5.75 Å². The quantitative estimate of drug-likeness (QED) is 0.602. The zero-order chi connectivity index (χ0) is 21.5. The second-order valence-electron chi connectivity index (χ2n) is 6.43. The maximum Gasteiger partial charge on any atom is 0.325 e. The first-order valence-corrected chi connectivity index (χ1v) is 9.16. The number of hydrogen-bond acceptors (Lipinski definition) is 4. The third kappa shape index (κ3) is 5.51. The first-order valence-electron chi connectivity index (χ1n) is 9.16. The Morgan fingerprint density at radius 1 is 0.833 bits per heavy atom. The van der Waals surface area contributed by atoms with E-state index in [1.54, 1.807) is 48.5 Å². The third-order valence-electron chi connectivity index (χ3n) is 4.17. The van der Waals surface area contributed by atoms with Crippen LogP contribution in [0, 0.1) is 5.82 Å². The first kappa shape index (κ1) is 20.7. The predicted octanol–water partition coefficient (Wildman–Crippen LogP) is 4.17. The van der Waals surface area contributed by atoms with Gasteiger partial charge < -0.3 is 10.1 Å². The monoisotopic (exact) mass is 406 g/mol. The van der Waals surface area contributed by atoms with Crippen LogP contribution < -0.4 is 15.4 Å². The molecule has 7 heteroatoms. The SMILES string of the molecule is CC(Oc1ccc(C(=O)c2ccc(F)cc2)cc1)C(=O)NC(=O)Nc1ccccc1. The first-order chi connectivity index (χ1) is 14.4. The molecule has 2 N–H and O–H groups in total. The summed E-state index contributed by atoms with van der Waals surface area (Å²) in [6.45, 7) is 1.50. The van der Waals surface area contributed by atoms with Gasteiger partial charge in [-0.3, -0.25) is 14.9 Å². The molecule has 0 spiro atoms. The Kier molecular flexibility index (Phi) is 6.54. The molecule has 6 nitrogen and oxygen atoms in total. The molecular weight excluding hydrogens is 387 g/mol. The Balaban J connectivity index is 1.55. The van der Waals surface area contributed by atoms with Crippen molar-refractivity contribution in [1.82, 2.24) is 5.32 Å². The van der Waals surface area contributed by atoms with Crippen LogP contribution in [0.15, 0.2) is 78.9 Å². The summed E-state index contributed by atoms with van der Waals surface area (Å²) in [6.07, 6.45) is -0.940. The normalized spacial score (nSPS) is 11.3. The summed E-state index contributed by atoms with van der Waals surface area (Å²) in [5.74, 6) is -0.934. The largest absolute Gasteiger partial charge is 0.481 e. The lowest BCUT2D eigenvalue weighted by molar-refractivity contribution is -0.126. The zero-order valence-corrected chi connectivity index (χ0v) is 16.1. The number of halogens is 1. The highest BCUT2D eigenvalue weighted by molar-refractivity contribution is 6.09. The number of amides is 3. The van der Waals surface area contributed by atoms with Gasteiger partial charge in [0.25, 0.3) is 5.91 Å². The Labute approximate surface area is 172 Å². The number of nitrogens with one attached hydrogen (secondary N) is 2. The fourth-order valence-corrected chi connectivity index (χ4v) is 2.61. The fourth-order valence-electron chi connectivity index (χ4n) is 2.61. The van der Waals surface area contributed by atoms with Crippen LogP contribution >= 0.6 is 0 Å². The summed E-state index contributed by atoms with van der Waals surface area (Å²) in [6, 6.07) is 19.5. The molecule has 30 heavy (non-hydrogen) atoms. The average Bonchev–Trinajstić information content (AvgIpc) is 2.75. The Morgan fingerprint density at radius 3 is 2.00 bits per heavy atom. The molecule has 0 bridgehead atoms. The van der Waals surface area contributed by atoms with Gasteiger partial charge in [-0.2, -0.15) is 0 Å². The number of para-hydroxylation sites is 1. The van der Waals surface area contributed by atoms with E-state index in [1.165, 1.54) is 31.2 Å². The van der Waals surface area contributed by atoms with E-state index in [-0.39, 0.29) is 5.78 Å². The molecule has 3 rings (SSSR count). The van der Waals surface area contributed by atoms with Crippen LogP contribution in [0.4, 0.5) is 14.9 Å². The standard InChI is InChI=1S/C23H19FN2O4/c1-15(22(28)26-23(29)25-19-5-3-2-4-6-19)30-20-13-9-17(10-14-20)21(27)16-7-11-18(24)12-8-16/h2-15H,1H3,(H2,25,26,28,29). The van der Waals surface area contributed by atoms with Gasteiger partial charge in [-0.15, -0.1) is 0 Å². The molecular formula is C23H19FN2O4. The van der Waals surface area contributed by atoms with Gasteiger partial charge in [0.15, 0.2) is 11.9 Å². The summed E-state index contributed by atoms with van der Waals surface area (Å²) >= 11 is 0. The number of imide groups is 1. The number of benzene rings is 3.